The first-order chi connectivity index (χ1) is 14.3. The van der Waals surface area contributed by atoms with E-state index in [-0.39, 0.29) is 29.0 Å². The summed E-state index contributed by atoms with van der Waals surface area (Å²) in [4.78, 5) is 29.4. The highest BCUT2D eigenvalue weighted by molar-refractivity contribution is 7.90. The Bertz CT molecular complexity index is 1070. The summed E-state index contributed by atoms with van der Waals surface area (Å²) < 4.78 is 27.0. The molecule has 0 fully saturated rings. The summed E-state index contributed by atoms with van der Waals surface area (Å²) in [7, 11) is -3.70. The molecule has 2 amide bonds. The zero-order chi connectivity index (χ0) is 21.7. The molecule has 0 spiro atoms. The van der Waals surface area contributed by atoms with Crippen LogP contribution in [0.15, 0.2) is 64.5 Å². The minimum Gasteiger partial charge on any atom is -0.273 e. The molecule has 9 heteroatoms. The fourth-order valence-electron chi connectivity index (χ4n) is 3.07. The highest BCUT2D eigenvalue weighted by Crippen LogP contribution is 2.24. The molecule has 0 unspecified atom stereocenters. The largest absolute Gasteiger partial charge is 0.273 e. The third-order valence-corrected chi connectivity index (χ3v) is 6.31. The molecule has 30 heavy (non-hydrogen) atoms. The second-order valence-corrected chi connectivity index (χ2v) is 8.76. The number of hydrazine groups is 1. The van der Waals surface area contributed by atoms with Crippen LogP contribution in [0.5, 0.6) is 0 Å². The summed E-state index contributed by atoms with van der Waals surface area (Å²) in [6.07, 6.45) is 0.762. The number of fused-ring (bicyclic) bond motifs is 1. The number of hydrogen-bond acceptors (Lipinski definition) is 5. The minimum atomic E-state index is -3.70. The number of carbonyl (C=O) groups is 2. The number of aliphatic imine (C=N–C) groups is 1. The molecule has 2 aromatic carbocycles. The molecule has 1 heterocycles. The van der Waals surface area contributed by atoms with Crippen molar-refractivity contribution in [2.75, 3.05) is 0 Å². The molecule has 0 saturated heterocycles. The summed E-state index contributed by atoms with van der Waals surface area (Å²) in [5, 5.41) is 0. The number of rotatable bonds is 6. The maximum Gasteiger partial charge on any atom is 0.263 e. The van der Waals surface area contributed by atoms with Gasteiger partial charge in [0.2, 0.25) is 5.91 Å². The van der Waals surface area contributed by atoms with E-state index < -0.39 is 22.0 Å². The second kappa shape index (κ2) is 9.08. The fraction of sp³-hybridized carbons (Fsp3) is 0.286. The topological polar surface area (TPSA) is 117 Å². The molecule has 1 aliphatic heterocycles. The lowest BCUT2D eigenvalue weighted by Gasteiger charge is -2.19. The average molecular weight is 429 g/mol. The Kier molecular flexibility index (Phi) is 6.51. The number of nitrogens with zero attached hydrogens (tertiary/aromatic N) is 1. The third-order valence-electron chi connectivity index (χ3n) is 4.92. The first kappa shape index (κ1) is 21.5. The Labute approximate surface area is 175 Å². The Morgan fingerprint density at radius 2 is 1.70 bits per heavy atom. The first-order valence-corrected chi connectivity index (χ1v) is 11.1. The van der Waals surface area contributed by atoms with Gasteiger partial charge in [-0.05, 0) is 23.6 Å². The van der Waals surface area contributed by atoms with Crippen molar-refractivity contribution in [2.45, 2.75) is 37.6 Å². The quantitative estimate of drug-likeness (QED) is 0.605. The monoisotopic (exact) mass is 428 g/mol. The van der Waals surface area contributed by atoms with Crippen LogP contribution in [-0.2, 0) is 26.0 Å². The number of sulfonamides is 1. The van der Waals surface area contributed by atoms with E-state index in [2.05, 4.69) is 20.6 Å². The smallest absolute Gasteiger partial charge is 0.263 e. The van der Waals surface area contributed by atoms with Gasteiger partial charge in [0.25, 0.3) is 15.9 Å². The fourth-order valence-corrected chi connectivity index (χ4v) is 4.31. The van der Waals surface area contributed by atoms with Crippen LogP contribution in [0.3, 0.4) is 0 Å². The summed E-state index contributed by atoms with van der Waals surface area (Å²) >= 11 is 0. The van der Waals surface area contributed by atoms with Gasteiger partial charge in [-0.2, -0.15) is 0 Å². The van der Waals surface area contributed by atoms with Gasteiger partial charge >= 0.3 is 0 Å². The van der Waals surface area contributed by atoms with Gasteiger partial charge in [0.15, 0.2) is 0 Å². The molecule has 0 aliphatic carbocycles. The zero-order valence-electron chi connectivity index (χ0n) is 16.8. The van der Waals surface area contributed by atoms with Gasteiger partial charge in [0.1, 0.15) is 11.9 Å². The molecule has 0 bridgehead atoms. The molecule has 158 valence electrons. The van der Waals surface area contributed by atoms with Crippen LogP contribution in [0.25, 0.3) is 0 Å². The first-order valence-electron chi connectivity index (χ1n) is 9.64. The predicted octanol–water partition coefficient (Wildman–Crippen LogP) is 1.53. The Balaban J connectivity index is 1.74. The molecule has 0 saturated carbocycles. The van der Waals surface area contributed by atoms with E-state index in [4.69, 9.17) is 0 Å². The Morgan fingerprint density at radius 3 is 2.40 bits per heavy atom. The average Bonchev–Trinajstić information content (AvgIpc) is 3.00. The van der Waals surface area contributed by atoms with E-state index in [1.54, 1.807) is 18.2 Å². The molecule has 8 nitrogen and oxygen atoms in total. The van der Waals surface area contributed by atoms with Crippen molar-refractivity contribution in [1.82, 2.24) is 15.6 Å². The van der Waals surface area contributed by atoms with E-state index in [1.807, 2.05) is 44.2 Å². The zero-order valence-corrected chi connectivity index (χ0v) is 17.6. The standard InChI is InChI=1S/C21H24N4O4S/c1-3-14(2)19(21(27)24-23-18(26)13-15-9-5-4-6-10-15)22-20-16-11-7-8-12-17(16)30(28,29)25-20/h4-12,14,19H,3,13H2,1-2H3,(H,22,25)(H,23,26)(H,24,27)/t14-,19+/m0/s1. The number of amidine groups is 1. The summed E-state index contributed by atoms with van der Waals surface area (Å²) in [5.74, 6) is -0.929. The lowest BCUT2D eigenvalue weighted by molar-refractivity contribution is -0.129. The van der Waals surface area contributed by atoms with Gasteiger partial charge in [-0.25, -0.2) is 8.42 Å². The molecule has 2 aromatic rings. The second-order valence-electron chi connectivity index (χ2n) is 7.11. The van der Waals surface area contributed by atoms with Crippen molar-refractivity contribution in [1.29, 1.82) is 0 Å². The van der Waals surface area contributed by atoms with Gasteiger partial charge in [0.05, 0.1) is 11.3 Å². The Hall–Kier alpha value is -3.20. The van der Waals surface area contributed by atoms with Gasteiger partial charge in [0, 0.05) is 5.56 Å². The van der Waals surface area contributed by atoms with Crippen LogP contribution in [0, 0.1) is 5.92 Å². The minimum absolute atomic E-state index is 0.122. The number of amides is 2. The van der Waals surface area contributed by atoms with Crippen LogP contribution in [0.4, 0.5) is 0 Å². The SMILES string of the molecule is CC[C@H](C)[C@@H](N=C1NS(=O)(=O)c2ccccc21)C(=O)NNC(=O)Cc1ccccc1. The Morgan fingerprint density at radius 1 is 1.03 bits per heavy atom. The number of benzene rings is 2. The molecular weight excluding hydrogens is 404 g/mol. The van der Waals surface area contributed by atoms with Gasteiger partial charge in [-0.15, -0.1) is 0 Å². The van der Waals surface area contributed by atoms with E-state index in [9.17, 15) is 18.0 Å². The normalized spacial score (nSPS) is 17.5. The van der Waals surface area contributed by atoms with Crippen molar-refractivity contribution in [3.63, 3.8) is 0 Å². The van der Waals surface area contributed by atoms with E-state index in [0.717, 1.165) is 5.56 Å². The molecule has 0 aromatic heterocycles. The summed E-state index contributed by atoms with van der Waals surface area (Å²) in [6, 6.07) is 14.7. The number of nitrogens with one attached hydrogen (secondary N) is 3. The van der Waals surface area contributed by atoms with Crippen molar-refractivity contribution in [2.24, 2.45) is 10.9 Å². The van der Waals surface area contributed by atoms with E-state index in [0.29, 0.717) is 12.0 Å². The van der Waals surface area contributed by atoms with Gasteiger partial charge in [-0.1, -0.05) is 62.7 Å². The van der Waals surface area contributed by atoms with Crippen molar-refractivity contribution in [3.05, 3.63) is 65.7 Å². The van der Waals surface area contributed by atoms with Crippen LogP contribution in [0.2, 0.25) is 0 Å². The summed E-state index contributed by atoms with van der Waals surface area (Å²) in [6.45, 7) is 3.75. The molecule has 3 rings (SSSR count). The van der Waals surface area contributed by atoms with Crippen molar-refractivity contribution < 1.29 is 18.0 Å². The molecule has 0 radical (unpaired) electrons. The van der Waals surface area contributed by atoms with Gasteiger partial charge in [-0.3, -0.25) is 30.2 Å². The van der Waals surface area contributed by atoms with E-state index in [1.165, 1.54) is 6.07 Å². The number of carbonyl (C=O) groups excluding carboxylic acids is 2. The van der Waals surface area contributed by atoms with Crippen LogP contribution < -0.4 is 15.6 Å². The molecular formula is C21H24N4O4S. The molecule has 3 N–H and O–H groups in total. The van der Waals surface area contributed by atoms with Gasteiger partial charge < -0.3 is 0 Å². The summed E-state index contributed by atoms with van der Waals surface area (Å²) in [5.41, 5.74) is 6.06. The lowest BCUT2D eigenvalue weighted by Crippen LogP contribution is -2.48. The number of hydrogen-bond donors (Lipinski definition) is 3. The predicted molar refractivity (Wildman–Crippen MR) is 113 cm³/mol. The highest BCUT2D eigenvalue weighted by Gasteiger charge is 2.33. The van der Waals surface area contributed by atoms with Crippen molar-refractivity contribution in [3.8, 4) is 0 Å². The van der Waals surface area contributed by atoms with Crippen LogP contribution in [0.1, 0.15) is 31.4 Å². The van der Waals surface area contributed by atoms with E-state index >= 15 is 0 Å². The van der Waals surface area contributed by atoms with Crippen LogP contribution in [-0.4, -0.2) is 32.1 Å². The maximum absolute atomic E-state index is 12.8. The lowest BCUT2D eigenvalue weighted by atomic mass is 9.99. The van der Waals surface area contributed by atoms with Crippen molar-refractivity contribution >= 4 is 27.7 Å². The third kappa shape index (κ3) is 4.85. The maximum atomic E-state index is 12.8. The highest BCUT2D eigenvalue weighted by atomic mass is 32.2. The molecule has 2 atom stereocenters. The molecule has 1 aliphatic rings. The van der Waals surface area contributed by atoms with Crippen LogP contribution >= 0.6 is 0 Å².